The topological polar surface area (TPSA) is 55.6 Å². The van der Waals surface area contributed by atoms with Crippen molar-refractivity contribution in [2.75, 3.05) is 30.4 Å². The van der Waals surface area contributed by atoms with Gasteiger partial charge in [-0.15, -0.1) is 0 Å². The Balaban J connectivity index is 2.03. The van der Waals surface area contributed by atoms with E-state index in [1.807, 2.05) is 25.1 Å². The SMILES string of the molecule is CCCOCC(=O)N1CCc2cc(N)ccc21. The van der Waals surface area contributed by atoms with Gasteiger partial charge >= 0.3 is 0 Å². The molecular weight excluding hydrogens is 216 g/mol. The van der Waals surface area contributed by atoms with Crippen LogP contribution in [0.15, 0.2) is 18.2 Å². The van der Waals surface area contributed by atoms with E-state index < -0.39 is 0 Å². The molecule has 0 fully saturated rings. The lowest BCUT2D eigenvalue weighted by molar-refractivity contribution is -0.123. The van der Waals surface area contributed by atoms with Crippen LogP contribution in [0.25, 0.3) is 0 Å². The molecule has 0 aliphatic carbocycles. The molecule has 0 unspecified atom stereocenters. The molecule has 1 aliphatic rings. The number of hydrogen-bond acceptors (Lipinski definition) is 3. The van der Waals surface area contributed by atoms with Crippen molar-refractivity contribution < 1.29 is 9.53 Å². The van der Waals surface area contributed by atoms with Gasteiger partial charge in [-0.05, 0) is 36.6 Å². The third-order valence-electron chi connectivity index (χ3n) is 2.87. The van der Waals surface area contributed by atoms with Gasteiger partial charge in [-0.3, -0.25) is 4.79 Å². The summed E-state index contributed by atoms with van der Waals surface area (Å²) in [6, 6.07) is 5.68. The van der Waals surface area contributed by atoms with Gasteiger partial charge in [0.1, 0.15) is 6.61 Å². The molecule has 0 saturated carbocycles. The average Bonchev–Trinajstić information content (AvgIpc) is 2.72. The summed E-state index contributed by atoms with van der Waals surface area (Å²) in [6.07, 6.45) is 1.81. The molecule has 0 saturated heterocycles. The summed E-state index contributed by atoms with van der Waals surface area (Å²) in [5, 5.41) is 0. The smallest absolute Gasteiger partial charge is 0.252 e. The Bertz CT molecular complexity index is 418. The quantitative estimate of drug-likeness (QED) is 0.635. The minimum Gasteiger partial charge on any atom is -0.399 e. The zero-order valence-electron chi connectivity index (χ0n) is 10.1. The zero-order valence-corrected chi connectivity index (χ0v) is 10.1. The highest BCUT2D eigenvalue weighted by atomic mass is 16.5. The Morgan fingerprint density at radius 2 is 2.35 bits per heavy atom. The molecule has 0 radical (unpaired) electrons. The molecule has 1 aromatic rings. The summed E-state index contributed by atoms with van der Waals surface area (Å²) < 4.78 is 5.28. The molecular formula is C13H18N2O2. The zero-order chi connectivity index (χ0) is 12.3. The van der Waals surface area contributed by atoms with Gasteiger partial charge in [0.2, 0.25) is 0 Å². The molecule has 4 nitrogen and oxygen atoms in total. The third kappa shape index (κ3) is 2.58. The number of amides is 1. The molecule has 1 heterocycles. The molecule has 1 amide bonds. The number of benzene rings is 1. The van der Waals surface area contributed by atoms with Crippen LogP contribution in [-0.2, 0) is 16.0 Å². The lowest BCUT2D eigenvalue weighted by atomic mass is 10.1. The Labute approximate surface area is 101 Å². The van der Waals surface area contributed by atoms with Crippen LogP contribution in [0.3, 0.4) is 0 Å². The molecule has 4 heteroatoms. The van der Waals surface area contributed by atoms with Crippen LogP contribution in [0.2, 0.25) is 0 Å². The second-order valence-electron chi connectivity index (χ2n) is 4.24. The number of rotatable bonds is 4. The van der Waals surface area contributed by atoms with Crippen molar-refractivity contribution in [2.45, 2.75) is 19.8 Å². The first-order chi connectivity index (χ1) is 8.22. The minimum atomic E-state index is 0.0296. The second-order valence-corrected chi connectivity index (χ2v) is 4.24. The number of fused-ring (bicyclic) bond motifs is 1. The van der Waals surface area contributed by atoms with Crippen LogP contribution >= 0.6 is 0 Å². The summed E-state index contributed by atoms with van der Waals surface area (Å²) >= 11 is 0. The Morgan fingerprint density at radius 3 is 3.12 bits per heavy atom. The van der Waals surface area contributed by atoms with Crippen molar-refractivity contribution in [2.24, 2.45) is 0 Å². The van der Waals surface area contributed by atoms with Crippen LogP contribution in [0.1, 0.15) is 18.9 Å². The number of hydrogen-bond donors (Lipinski definition) is 1. The highest BCUT2D eigenvalue weighted by Gasteiger charge is 2.24. The van der Waals surface area contributed by atoms with E-state index in [0.29, 0.717) is 6.61 Å². The molecule has 2 rings (SSSR count). The molecule has 2 N–H and O–H groups in total. The first kappa shape index (κ1) is 11.9. The predicted molar refractivity (Wildman–Crippen MR) is 68.0 cm³/mol. The van der Waals surface area contributed by atoms with Crippen LogP contribution in [0, 0.1) is 0 Å². The monoisotopic (exact) mass is 234 g/mol. The van der Waals surface area contributed by atoms with Crippen molar-refractivity contribution >= 4 is 17.3 Å². The van der Waals surface area contributed by atoms with Gasteiger partial charge in [0.05, 0.1) is 0 Å². The van der Waals surface area contributed by atoms with E-state index >= 15 is 0 Å². The van der Waals surface area contributed by atoms with Crippen LogP contribution in [0.4, 0.5) is 11.4 Å². The standard InChI is InChI=1S/C13H18N2O2/c1-2-7-17-9-13(16)15-6-5-10-8-11(14)3-4-12(10)15/h3-4,8H,2,5-7,9,14H2,1H3. The minimum absolute atomic E-state index is 0.0296. The van der Waals surface area contributed by atoms with Crippen LogP contribution in [0.5, 0.6) is 0 Å². The summed E-state index contributed by atoms with van der Waals surface area (Å²) in [6.45, 7) is 3.55. The summed E-state index contributed by atoms with van der Waals surface area (Å²) in [5.41, 5.74) is 8.60. The van der Waals surface area contributed by atoms with Gasteiger partial charge in [0, 0.05) is 24.5 Å². The summed E-state index contributed by atoms with van der Waals surface area (Å²) in [4.78, 5) is 13.7. The largest absolute Gasteiger partial charge is 0.399 e. The van der Waals surface area contributed by atoms with Gasteiger partial charge in [-0.2, -0.15) is 0 Å². The molecule has 0 aromatic heterocycles. The Morgan fingerprint density at radius 1 is 1.53 bits per heavy atom. The molecule has 0 spiro atoms. The molecule has 1 aromatic carbocycles. The molecule has 17 heavy (non-hydrogen) atoms. The van der Waals surface area contributed by atoms with Crippen LogP contribution in [-0.4, -0.2) is 25.7 Å². The highest BCUT2D eigenvalue weighted by molar-refractivity contribution is 5.96. The van der Waals surface area contributed by atoms with Gasteiger partial charge in [-0.25, -0.2) is 0 Å². The van der Waals surface area contributed by atoms with E-state index in [0.717, 1.165) is 36.3 Å². The summed E-state index contributed by atoms with van der Waals surface area (Å²) in [5.74, 6) is 0.0296. The second kappa shape index (κ2) is 5.19. The number of anilines is 2. The third-order valence-corrected chi connectivity index (χ3v) is 2.87. The van der Waals surface area contributed by atoms with E-state index in [4.69, 9.17) is 10.5 Å². The number of ether oxygens (including phenoxy) is 1. The molecule has 92 valence electrons. The van der Waals surface area contributed by atoms with Crippen molar-refractivity contribution in [3.63, 3.8) is 0 Å². The normalized spacial score (nSPS) is 13.8. The van der Waals surface area contributed by atoms with Crippen molar-refractivity contribution in [3.8, 4) is 0 Å². The van der Waals surface area contributed by atoms with Crippen LogP contribution < -0.4 is 10.6 Å². The van der Waals surface area contributed by atoms with E-state index in [1.54, 1.807) is 4.90 Å². The van der Waals surface area contributed by atoms with Crippen molar-refractivity contribution in [3.05, 3.63) is 23.8 Å². The molecule has 0 bridgehead atoms. The van der Waals surface area contributed by atoms with E-state index in [-0.39, 0.29) is 12.5 Å². The first-order valence-corrected chi connectivity index (χ1v) is 5.99. The molecule has 1 aliphatic heterocycles. The predicted octanol–water partition coefficient (Wildman–Crippen LogP) is 1.58. The fourth-order valence-electron chi connectivity index (χ4n) is 2.06. The number of nitrogen functional groups attached to an aromatic ring is 1. The maximum atomic E-state index is 11.9. The lowest BCUT2D eigenvalue weighted by Crippen LogP contribution is -2.32. The van der Waals surface area contributed by atoms with Crippen molar-refractivity contribution in [1.82, 2.24) is 0 Å². The van der Waals surface area contributed by atoms with E-state index in [2.05, 4.69) is 0 Å². The number of carbonyl (C=O) groups excluding carboxylic acids is 1. The maximum absolute atomic E-state index is 11.9. The number of nitrogens with zero attached hydrogens (tertiary/aromatic N) is 1. The van der Waals surface area contributed by atoms with Crippen molar-refractivity contribution in [1.29, 1.82) is 0 Å². The first-order valence-electron chi connectivity index (χ1n) is 5.99. The van der Waals surface area contributed by atoms with Gasteiger partial charge in [0.15, 0.2) is 0 Å². The number of nitrogens with two attached hydrogens (primary N) is 1. The van der Waals surface area contributed by atoms with Gasteiger partial charge in [-0.1, -0.05) is 6.92 Å². The van der Waals surface area contributed by atoms with Gasteiger partial charge < -0.3 is 15.4 Å². The lowest BCUT2D eigenvalue weighted by Gasteiger charge is -2.17. The summed E-state index contributed by atoms with van der Waals surface area (Å²) in [7, 11) is 0. The fourth-order valence-corrected chi connectivity index (χ4v) is 2.06. The maximum Gasteiger partial charge on any atom is 0.252 e. The fraction of sp³-hybridized carbons (Fsp3) is 0.462. The Kier molecular flexibility index (Phi) is 3.64. The van der Waals surface area contributed by atoms with E-state index in [1.165, 1.54) is 0 Å². The van der Waals surface area contributed by atoms with E-state index in [9.17, 15) is 4.79 Å². The number of carbonyl (C=O) groups is 1. The average molecular weight is 234 g/mol. The van der Waals surface area contributed by atoms with Gasteiger partial charge in [0.25, 0.3) is 5.91 Å². The Hall–Kier alpha value is -1.55. The highest BCUT2D eigenvalue weighted by Crippen LogP contribution is 2.29. The molecule has 0 atom stereocenters.